The second-order valence-electron chi connectivity index (χ2n) is 11.1. The van der Waals surface area contributed by atoms with E-state index in [0.29, 0.717) is 33.1 Å². The molecule has 11 heteroatoms. The monoisotopic (exact) mass is 662 g/mol. The van der Waals surface area contributed by atoms with Crippen molar-refractivity contribution >= 4 is 51.7 Å². The van der Waals surface area contributed by atoms with E-state index in [1.54, 1.807) is 12.1 Å². The zero-order valence-corrected chi connectivity index (χ0v) is 26.5. The largest absolute Gasteiger partial charge is 0.461 e. The van der Waals surface area contributed by atoms with Crippen molar-refractivity contribution in [3.8, 4) is 5.69 Å². The minimum atomic E-state index is -0.718. The van der Waals surface area contributed by atoms with Crippen LogP contribution in [-0.2, 0) is 22.7 Å². The molecule has 0 aliphatic carbocycles. The van der Waals surface area contributed by atoms with Crippen LogP contribution in [0.5, 0.6) is 0 Å². The van der Waals surface area contributed by atoms with Crippen molar-refractivity contribution in [2.45, 2.75) is 32.0 Å². The Labute approximate surface area is 280 Å². The van der Waals surface area contributed by atoms with E-state index in [9.17, 15) is 9.59 Å². The van der Waals surface area contributed by atoms with Gasteiger partial charge in [-0.3, -0.25) is 19.1 Å². The van der Waals surface area contributed by atoms with Crippen LogP contribution >= 0.6 is 23.2 Å². The van der Waals surface area contributed by atoms with E-state index in [-0.39, 0.29) is 31.9 Å². The van der Waals surface area contributed by atoms with E-state index in [0.717, 1.165) is 33.3 Å². The lowest BCUT2D eigenvalue weighted by Crippen LogP contribution is -2.31. The number of nitrogens with zero attached hydrogens (tertiary/aromatic N) is 4. The number of ether oxygens (including phenoxy) is 1. The average molecular weight is 664 g/mol. The molecule has 47 heavy (non-hydrogen) atoms. The molecule has 0 saturated carbocycles. The van der Waals surface area contributed by atoms with Gasteiger partial charge < -0.3 is 15.0 Å². The SMILES string of the molecule is O=C(CC[C@@H](NC(=O)c1cc2ccccc2[nH]1)c1nnc2n1-c1ccc(Cl)cc1C(c1ccccc1Cl)=NC2)OCc1ccccc1. The van der Waals surface area contributed by atoms with Gasteiger partial charge in [-0.1, -0.05) is 89.9 Å². The molecule has 1 amide bonds. The van der Waals surface area contributed by atoms with Crippen LogP contribution in [0.4, 0.5) is 0 Å². The van der Waals surface area contributed by atoms with E-state index in [2.05, 4.69) is 20.5 Å². The summed E-state index contributed by atoms with van der Waals surface area (Å²) >= 11 is 13.1. The fraction of sp³-hybridized carbons (Fsp3) is 0.139. The van der Waals surface area contributed by atoms with E-state index < -0.39 is 12.0 Å². The third kappa shape index (κ3) is 6.40. The normalized spacial score (nSPS) is 12.9. The Kier molecular flexibility index (Phi) is 8.56. The van der Waals surface area contributed by atoms with Crippen LogP contribution in [-0.4, -0.2) is 37.3 Å². The van der Waals surface area contributed by atoms with Crippen LogP contribution in [0, 0.1) is 0 Å². The third-order valence-corrected chi connectivity index (χ3v) is 8.55. The molecule has 9 nitrogen and oxygen atoms in total. The van der Waals surface area contributed by atoms with Crippen LogP contribution in [0.3, 0.4) is 0 Å². The molecule has 3 heterocycles. The summed E-state index contributed by atoms with van der Waals surface area (Å²) in [5.74, 6) is 0.256. The smallest absolute Gasteiger partial charge is 0.306 e. The van der Waals surface area contributed by atoms with Crippen LogP contribution in [0.15, 0.2) is 108 Å². The Morgan fingerprint density at radius 2 is 1.68 bits per heavy atom. The molecule has 0 spiro atoms. The van der Waals surface area contributed by atoms with Crippen LogP contribution in [0.1, 0.15) is 57.7 Å². The average Bonchev–Trinajstić information content (AvgIpc) is 3.68. The number of carbonyl (C=O) groups is 2. The van der Waals surface area contributed by atoms with Gasteiger partial charge in [-0.2, -0.15) is 0 Å². The molecule has 1 aliphatic heterocycles. The summed E-state index contributed by atoms with van der Waals surface area (Å²) in [5, 5.41) is 14.1. The van der Waals surface area contributed by atoms with Crippen LogP contribution < -0.4 is 5.32 Å². The number of aromatic amines is 1. The summed E-state index contributed by atoms with van der Waals surface area (Å²) in [6.45, 7) is 0.351. The molecule has 1 atom stereocenters. The van der Waals surface area contributed by atoms with Crippen molar-refractivity contribution in [2.24, 2.45) is 4.99 Å². The number of esters is 1. The van der Waals surface area contributed by atoms with E-state index in [1.807, 2.05) is 95.6 Å². The lowest BCUT2D eigenvalue weighted by atomic mass is 10.00. The highest BCUT2D eigenvalue weighted by Gasteiger charge is 2.30. The highest BCUT2D eigenvalue weighted by atomic mass is 35.5. The van der Waals surface area contributed by atoms with Crippen LogP contribution in [0.25, 0.3) is 16.6 Å². The Hall–Kier alpha value is -5.25. The molecule has 0 bridgehead atoms. The van der Waals surface area contributed by atoms with Gasteiger partial charge in [-0.25, -0.2) is 0 Å². The van der Waals surface area contributed by atoms with Gasteiger partial charge in [0.05, 0.1) is 17.4 Å². The van der Waals surface area contributed by atoms with Gasteiger partial charge in [0.2, 0.25) is 0 Å². The number of amides is 1. The Balaban J connectivity index is 1.24. The second-order valence-corrected chi connectivity index (χ2v) is 11.9. The molecule has 0 fully saturated rings. The van der Waals surface area contributed by atoms with Gasteiger partial charge in [0.1, 0.15) is 18.8 Å². The molecule has 0 radical (unpaired) electrons. The summed E-state index contributed by atoms with van der Waals surface area (Å²) in [6.07, 6.45) is 0.237. The summed E-state index contributed by atoms with van der Waals surface area (Å²) in [5.41, 5.74) is 4.97. The maximum Gasteiger partial charge on any atom is 0.306 e. The molecular formula is C36H28Cl2N6O3. The number of aromatic nitrogens is 4. The lowest BCUT2D eigenvalue weighted by Gasteiger charge is -2.20. The molecule has 0 saturated heterocycles. The number of fused-ring (bicyclic) bond motifs is 4. The van der Waals surface area contributed by atoms with Gasteiger partial charge in [0.25, 0.3) is 5.91 Å². The molecule has 2 N–H and O–H groups in total. The molecule has 1 aliphatic rings. The van der Waals surface area contributed by atoms with Crippen molar-refractivity contribution in [3.63, 3.8) is 0 Å². The molecule has 0 unspecified atom stereocenters. The Bertz CT molecular complexity index is 2110. The maximum atomic E-state index is 13.7. The number of hydrogen-bond acceptors (Lipinski definition) is 6. The number of halogens is 2. The molecular weight excluding hydrogens is 635 g/mol. The fourth-order valence-corrected chi connectivity index (χ4v) is 6.10. The highest BCUT2D eigenvalue weighted by molar-refractivity contribution is 6.36. The fourth-order valence-electron chi connectivity index (χ4n) is 5.70. The quantitative estimate of drug-likeness (QED) is 0.157. The van der Waals surface area contributed by atoms with Gasteiger partial charge in [0, 0.05) is 38.5 Å². The van der Waals surface area contributed by atoms with Crippen LogP contribution in [0.2, 0.25) is 10.0 Å². The molecule has 4 aromatic carbocycles. The topological polar surface area (TPSA) is 114 Å². The third-order valence-electron chi connectivity index (χ3n) is 7.99. The second kappa shape index (κ2) is 13.2. The molecule has 2 aromatic heterocycles. The zero-order chi connectivity index (χ0) is 32.3. The summed E-state index contributed by atoms with van der Waals surface area (Å²) in [6, 6.07) is 31.2. The first-order valence-corrected chi connectivity index (χ1v) is 15.8. The number of aliphatic imine (C=N–C) groups is 1. The van der Waals surface area contributed by atoms with Gasteiger partial charge >= 0.3 is 5.97 Å². The van der Waals surface area contributed by atoms with Gasteiger partial charge in [-0.05, 0) is 48.4 Å². The molecule has 7 rings (SSSR count). The van der Waals surface area contributed by atoms with Crippen molar-refractivity contribution in [1.29, 1.82) is 0 Å². The minimum Gasteiger partial charge on any atom is -0.461 e. The number of carbonyl (C=O) groups excluding carboxylic acids is 2. The first-order valence-electron chi connectivity index (χ1n) is 15.1. The Morgan fingerprint density at radius 3 is 2.51 bits per heavy atom. The number of H-pyrrole nitrogens is 1. The summed E-state index contributed by atoms with van der Waals surface area (Å²) in [7, 11) is 0. The first kappa shape index (κ1) is 30.4. The zero-order valence-electron chi connectivity index (χ0n) is 25.0. The Morgan fingerprint density at radius 1 is 0.894 bits per heavy atom. The van der Waals surface area contributed by atoms with Crippen molar-refractivity contribution in [1.82, 2.24) is 25.1 Å². The van der Waals surface area contributed by atoms with Gasteiger partial charge in [0.15, 0.2) is 11.6 Å². The first-order chi connectivity index (χ1) is 22.9. The van der Waals surface area contributed by atoms with E-state index >= 15 is 0 Å². The number of hydrogen-bond donors (Lipinski definition) is 2. The molecule has 6 aromatic rings. The predicted molar refractivity (Wildman–Crippen MR) is 181 cm³/mol. The van der Waals surface area contributed by atoms with E-state index in [1.165, 1.54) is 0 Å². The maximum absolute atomic E-state index is 13.7. The molecule has 234 valence electrons. The number of benzene rings is 4. The summed E-state index contributed by atoms with van der Waals surface area (Å²) in [4.78, 5) is 34.7. The van der Waals surface area contributed by atoms with Crippen molar-refractivity contribution in [2.75, 3.05) is 0 Å². The van der Waals surface area contributed by atoms with Crippen molar-refractivity contribution in [3.05, 3.63) is 147 Å². The number of rotatable bonds is 9. The van der Waals surface area contributed by atoms with Crippen molar-refractivity contribution < 1.29 is 14.3 Å². The highest BCUT2D eigenvalue weighted by Crippen LogP contribution is 2.32. The van der Waals surface area contributed by atoms with Gasteiger partial charge in [-0.15, -0.1) is 10.2 Å². The standard InChI is InChI=1S/C36H28Cl2N6O3/c37-24-14-16-31-26(19-24)34(25-11-5-6-12-27(25)38)39-20-32-42-43-35(44(31)32)29(15-17-33(45)47-21-22-8-2-1-3-9-22)41-36(46)30-18-23-10-4-7-13-28(23)40-30/h1-14,16,18-19,29,40H,15,17,20-21H2,(H,41,46)/t29-/m1/s1. The minimum absolute atomic E-state index is 0.0293. The number of nitrogens with one attached hydrogen (secondary N) is 2. The van der Waals surface area contributed by atoms with E-state index in [4.69, 9.17) is 32.9 Å². The summed E-state index contributed by atoms with van der Waals surface area (Å²) < 4.78 is 7.43. The predicted octanol–water partition coefficient (Wildman–Crippen LogP) is 7.40. The lowest BCUT2D eigenvalue weighted by molar-refractivity contribution is -0.145. The number of para-hydroxylation sites is 1.